The smallest absolute Gasteiger partial charge is 0.238 e. The topological polar surface area (TPSA) is 29.1 Å². The Bertz CT molecular complexity index is 381. The van der Waals surface area contributed by atoms with E-state index in [1.165, 1.54) is 5.56 Å². The Balaban J connectivity index is 2.93. The van der Waals surface area contributed by atoms with E-state index in [4.69, 9.17) is 0 Å². The molecule has 0 bridgehead atoms. The van der Waals surface area contributed by atoms with Gasteiger partial charge in [0.1, 0.15) is 0 Å². The third kappa shape index (κ3) is 3.32. The summed E-state index contributed by atoms with van der Waals surface area (Å²) in [6, 6.07) is 4.05. The first kappa shape index (κ1) is 13.7. The Morgan fingerprint density at radius 1 is 1.44 bits per heavy atom. The molecule has 0 aliphatic carbocycles. The maximum absolute atomic E-state index is 11.8. The minimum atomic E-state index is -0.139. The lowest BCUT2D eigenvalue weighted by molar-refractivity contribution is -0.115. The molecule has 1 N–H and O–H groups in total. The number of alkyl halides is 1. The molecule has 0 aliphatic heterocycles. The van der Waals surface area contributed by atoms with Crippen molar-refractivity contribution >= 4 is 43.5 Å². The third-order valence-corrected chi connectivity index (χ3v) is 4.01. The number of carbonyl (C=O) groups excluding carboxylic acids is 1. The summed E-state index contributed by atoms with van der Waals surface area (Å²) in [5, 5.41) is 2.92. The summed E-state index contributed by atoms with van der Waals surface area (Å²) in [4.78, 5) is 11.6. The molecule has 0 saturated heterocycles. The van der Waals surface area contributed by atoms with Crippen molar-refractivity contribution in [2.45, 2.75) is 32.0 Å². The molecule has 1 amide bonds. The van der Waals surface area contributed by atoms with Gasteiger partial charge in [-0.1, -0.05) is 28.9 Å². The zero-order valence-corrected chi connectivity index (χ0v) is 12.8. The maximum Gasteiger partial charge on any atom is 0.238 e. The molecule has 0 aromatic heterocycles. The van der Waals surface area contributed by atoms with Crippen LogP contribution >= 0.6 is 31.9 Å². The minimum absolute atomic E-state index is 0.00449. The van der Waals surface area contributed by atoms with Gasteiger partial charge in [-0.15, -0.1) is 0 Å². The van der Waals surface area contributed by atoms with Crippen molar-refractivity contribution in [3.8, 4) is 0 Å². The number of amides is 1. The van der Waals surface area contributed by atoms with Crippen LogP contribution in [0.4, 0.5) is 5.69 Å². The van der Waals surface area contributed by atoms with E-state index < -0.39 is 0 Å². The number of halogens is 2. The summed E-state index contributed by atoms with van der Waals surface area (Å²) in [5.41, 5.74) is 3.10. The molecule has 0 heterocycles. The molecule has 0 spiro atoms. The van der Waals surface area contributed by atoms with E-state index in [2.05, 4.69) is 43.2 Å². The summed E-state index contributed by atoms with van der Waals surface area (Å²) in [7, 11) is 0. The Labute approximate surface area is 113 Å². The van der Waals surface area contributed by atoms with E-state index in [0.717, 1.165) is 22.1 Å². The lowest BCUT2D eigenvalue weighted by atomic mass is 10.1. The van der Waals surface area contributed by atoms with Gasteiger partial charge in [-0.25, -0.2) is 0 Å². The molecule has 1 aromatic rings. The predicted octanol–water partition coefficient (Wildman–Crippen LogP) is 4.18. The summed E-state index contributed by atoms with van der Waals surface area (Å²) in [6.45, 7) is 5.99. The number of hydrogen-bond donors (Lipinski definition) is 1. The Hall–Kier alpha value is -0.350. The molecule has 0 saturated carbocycles. The van der Waals surface area contributed by atoms with E-state index in [-0.39, 0.29) is 10.7 Å². The molecule has 2 nitrogen and oxygen atoms in total. The molecule has 1 unspecified atom stereocenters. The lowest BCUT2D eigenvalue weighted by Crippen LogP contribution is -2.22. The van der Waals surface area contributed by atoms with Crippen molar-refractivity contribution in [3.63, 3.8) is 0 Å². The molecule has 0 fully saturated rings. The van der Waals surface area contributed by atoms with E-state index in [1.807, 2.05) is 26.8 Å². The number of hydrogen-bond acceptors (Lipinski definition) is 1. The first-order valence-electron chi connectivity index (χ1n) is 5.17. The van der Waals surface area contributed by atoms with Crippen LogP contribution in [-0.4, -0.2) is 10.7 Å². The molecule has 0 aliphatic rings. The number of anilines is 1. The number of aryl methyl sites for hydroxylation is 2. The fourth-order valence-electron chi connectivity index (χ4n) is 1.46. The molecule has 1 aromatic carbocycles. The van der Waals surface area contributed by atoms with Gasteiger partial charge < -0.3 is 5.32 Å². The monoisotopic (exact) mass is 347 g/mol. The highest BCUT2D eigenvalue weighted by molar-refractivity contribution is 9.10. The fourth-order valence-corrected chi connectivity index (χ4v) is 2.35. The van der Waals surface area contributed by atoms with Gasteiger partial charge >= 0.3 is 0 Å². The Morgan fingerprint density at radius 3 is 2.56 bits per heavy atom. The molecule has 4 heteroatoms. The number of rotatable bonds is 3. The quantitative estimate of drug-likeness (QED) is 0.816. The van der Waals surface area contributed by atoms with Crippen LogP contribution < -0.4 is 5.32 Å². The highest BCUT2D eigenvalue weighted by Gasteiger charge is 2.15. The van der Waals surface area contributed by atoms with Crippen LogP contribution in [0.2, 0.25) is 0 Å². The van der Waals surface area contributed by atoms with Crippen molar-refractivity contribution < 1.29 is 4.79 Å². The fraction of sp³-hybridized carbons (Fsp3) is 0.417. The van der Waals surface area contributed by atoms with Gasteiger partial charge in [-0.2, -0.15) is 0 Å². The Morgan fingerprint density at radius 2 is 2.06 bits per heavy atom. The van der Waals surface area contributed by atoms with Crippen LogP contribution in [0.25, 0.3) is 0 Å². The van der Waals surface area contributed by atoms with Crippen LogP contribution in [0.5, 0.6) is 0 Å². The van der Waals surface area contributed by atoms with Crippen molar-refractivity contribution in [2.75, 3.05) is 5.32 Å². The first-order valence-corrected chi connectivity index (χ1v) is 6.88. The van der Waals surface area contributed by atoms with E-state index in [0.29, 0.717) is 0 Å². The SMILES string of the molecule is CCC(Br)C(=O)Nc1c(C)cc(C)cc1Br. The second-order valence-electron chi connectivity index (χ2n) is 3.80. The van der Waals surface area contributed by atoms with Crippen molar-refractivity contribution in [1.29, 1.82) is 0 Å². The van der Waals surface area contributed by atoms with Gasteiger partial charge in [0.25, 0.3) is 0 Å². The largest absolute Gasteiger partial charge is 0.324 e. The van der Waals surface area contributed by atoms with Gasteiger partial charge in [0.05, 0.1) is 10.5 Å². The van der Waals surface area contributed by atoms with Gasteiger partial charge in [0.15, 0.2) is 0 Å². The molecule has 1 atom stereocenters. The molecule has 16 heavy (non-hydrogen) atoms. The second kappa shape index (κ2) is 5.82. The van der Waals surface area contributed by atoms with Crippen molar-refractivity contribution in [1.82, 2.24) is 0 Å². The molecule has 0 radical (unpaired) electrons. The maximum atomic E-state index is 11.8. The molecular weight excluding hydrogens is 334 g/mol. The van der Waals surface area contributed by atoms with E-state index in [1.54, 1.807) is 0 Å². The van der Waals surface area contributed by atoms with Crippen LogP contribution in [0.1, 0.15) is 24.5 Å². The Kier molecular flexibility index (Phi) is 4.99. The summed E-state index contributed by atoms with van der Waals surface area (Å²) in [6.07, 6.45) is 0.772. The van der Waals surface area contributed by atoms with E-state index >= 15 is 0 Å². The normalized spacial score (nSPS) is 12.3. The summed E-state index contributed by atoms with van der Waals surface area (Å²) in [5.74, 6) is -0.00449. The highest BCUT2D eigenvalue weighted by Crippen LogP contribution is 2.28. The van der Waals surface area contributed by atoms with Crippen LogP contribution in [0, 0.1) is 13.8 Å². The van der Waals surface area contributed by atoms with E-state index in [9.17, 15) is 4.79 Å². The minimum Gasteiger partial charge on any atom is -0.324 e. The number of nitrogens with one attached hydrogen (secondary N) is 1. The number of benzene rings is 1. The lowest BCUT2D eigenvalue weighted by Gasteiger charge is -2.13. The van der Waals surface area contributed by atoms with Crippen molar-refractivity contribution in [2.24, 2.45) is 0 Å². The highest BCUT2D eigenvalue weighted by atomic mass is 79.9. The zero-order chi connectivity index (χ0) is 12.3. The average molecular weight is 349 g/mol. The second-order valence-corrected chi connectivity index (χ2v) is 5.76. The molecular formula is C12H15Br2NO. The molecule has 88 valence electrons. The van der Waals surface area contributed by atoms with Crippen molar-refractivity contribution in [3.05, 3.63) is 27.7 Å². The van der Waals surface area contributed by atoms with Crippen LogP contribution in [0.15, 0.2) is 16.6 Å². The van der Waals surface area contributed by atoms with Gasteiger partial charge in [-0.3, -0.25) is 4.79 Å². The molecule has 1 rings (SSSR count). The first-order chi connectivity index (χ1) is 7.45. The van der Waals surface area contributed by atoms with Gasteiger partial charge in [0.2, 0.25) is 5.91 Å². The average Bonchev–Trinajstić information content (AvgIpc) is 2.21. The summed E-state index contributed by atoms with van der Waals surface area (Å²) >= 11 is 6.80. The van der Waals surface area contributed by atoms with Crippen LogP contribution in [-0.2, 0) is 4.79 Å². The number of carbonyl (C=O) groups is 1. The summed E-state index contributed by atoms with van der Waals surface area (Å²) < 4.78 is 0.925. The van der Waals surface area contributed by atoms with Gasteiger partial charge in [0, 0.05) is 4.47 Å². The standard InChI is InChI=1S/C12H15Br2NO/c1-4-9(13)12(16)15-11-8(3)5-7(2)6-10(11)14/h5-6,9H,4H2,1-3H3,(H,15,16). The van der Waals surface area contributed by atoms with Gasteiger partial charge in [-0.05, 0) is 53.4 Å². The predicted molar refractivity (Wildman–Crippen MR) is 75.3 cm³/mol. The zero-order valence-electron chi connectivity index (χ0n) is 9.60. The van der Waals surface area contributed by atoms with Crippen LogP contribution in [0.3, 0.4) is 0 Å². The third-order valence-electron chi connectivity index (χ3n) is 2.32.